The predicted octanol–water partition coefficient (Wildman–Crippen LogP) is 2.18. The number of halogens is 1. The lowest BCUT2D eigenvalue weighted by Gasteiger charge is -2.04. The summed E-state index contributed by atoms with van der Waals surface area (Å²) in [5, 5.41) is 0. The Labute approximate surface area is 74.5 Å². The molecule has 0 radical (unpaired) electrons. The van der Waals surface area contributed by atoms with Crippen molar-refractivity contribution in [2.24, 2.45) is 0 Å². The summed E-state index contributed by atoms with van der Waals surface area (Å²) in [5.74, 6) is 0. The number of anilines is 1. The first-order valence-corrected chi connectivity index (χ1v) is 4.07. The van der Waals surface area contributed by atoms with E-state index in [0.717, 1.165) is 15.7 Å². The summed E-state index contributed by atoms with van der Waals surface area (Å²) >= 11 is 3.38. The molecule has 0 fully saturated rings. The van der Waals surface area contributed by atoms with Gasteiger partial charge in [0.25, 0.3) is 0 Å². The van der Waals surface area contributed by atoms with Crippen LogP contribution in [0, 0.1) is 0 Å². The van der Waals surface area contributed by atoms with Crippen LogP contribution in [0.3, 0.4) is 0 Å². The van der Waals surface area contributed by atoms with E-state index in [1.807, 2.05) is 18.2 Å². The minimum Gasteiger partial charge on any atom is -0.398 e. The summed E-state index contributed by atoms with van der Waals surface area (Å²) in [6.45, 7) is 0.589. The van der Waals surface area contributed by atoms with Crippen molar-refractivity contribution in [1.82, 2.24) is 0 Å². The Bertz CT molecular complexity index is 250. The van der Waals surface area contributed by atoms with Crippen LogP contribution in [-0.4, -0.2) is 7.11 Å². The van der Waals surface area contributed by atoms with Gasteiger partial charge in [-0.3, -0.25) is 0 Å². The maximum atomic E-state index is 5.65. The third-order valence-corrected chi connectivity index (χ3v) is 2.38. The van der Waals surface area contributed by atoms with Crippen LogP contribution in [0.1, 0.15) is 5.56 Å². The fourth-order valence-electron chi connectivity index (χ4n) is 0.867. The third-order valence-electron chi connectivity index (χ3n) is 1.41. The molecule has 0 aromatic heterocycles. The first-order chi connectivity index (χ1) is 5.25. The SMILES string of the molecule is COCc1cccc(N)c1Br. The van der Waals surface area contributed by atoms with Crippen LogP contribution < -0.4 is 5.73 Å². The second-order valence-corrected chi connectivity index (χ2v) is 3.05. The van der Waals surface area contributed by atoms with Crippen molar-refractivity contribution < 1.29 is 4.74 Å². The Kier molecular flexibility index (Phi) is 2.91. The molecule has 0 spiro atoms. The fourth-order valence-corrected chi connectivity index (χ4v) is 1.25. The van der Waals surface area contributed by atoms with Gasteiger partial charge < -0.3 is 10.5 Å². The van der Waals surface area contributed by atoms with Crippen molar-refractivity contribution in [3.8, 4) is 0 Å². The first-order valence-electron chi connectivity index (χ1n) is 3.27. The van der Waals surface area contributed by atoms with E-state index in [1.54, 1.807) is 7.11 Å². The second-order valence-electron chi connectivity index (χ2n) is 2.25. The highest BCUT2D eigenvalue weighted by Gasteiger charge is 2.00. The summed E-state index contributed by atoms with van der Waals surface area (Å²) in [6, 6.07) is 5.74. The van der Waals surface area contributed by atoms with Gasteiger partial charge in [-0.05, 0) is 27.6 Å². The zero-order valence-electron chi connectivity index (χ0n) is 6.30. The molecular weight excluding hydrogens is 206 g/mol. The van der Waals surface area contributed by atoms with Gasteiger partial charge in [-0.15, -0.1) is 0 Å². The standard InChI is InChI=1S/C8H10BrNO/c1-11-5-6-3-2-4-7(10)8(6)9/h2-4H,5,10H2,1H3. The largest absolute Gasteiger partial charge is 0.398 e. The van der Waals surface area contributed by atoms with E-state index in [0.29, 0.717) is 6.61 Å². The summed E-state index contributed by atoms with van der Waals surface area (Å²) in [4.78, 5) is 0. The van der Waals surface area contributed by atoms with Gasteiger partial charge in [0.05, 0.1) is 6.61 Å². The van der Waals surface area contributed by atoms with E-state index >= 15 is 0 Å². The highest BCUT2D eigenvalue weighted by atomic mass is 79.9. The monoisotopic (exact) mass is 215 g/mol. The lowest BCUT2D eigenvalue weighted by Crippen LogP contribution is -1.93. The van der Waals surface area contributed by atoms with Gasteiger partial charge >= 0.3 is 0 Å². The van der Waals surface area contributed by atoms with E-state index in [2.05, 4.69) is 15.9 Å². The van der Waals surface area contributed by atoms with Crippen LogP contribution in [-0.2, 0) is 11.3 Å². The fraction of sp³-hybridized carbons (Fsp3) is 0.250. The molecule has 0 bridgehead atoms. The number of benzene rings is 1. The summed E-state index contributed by atoms with van der Waals surface area (Å²) in [5.41, 5.74) is 7.47. The number of nitrogens with two attached hydrogens (primary N) is 1. The van der Waals surface area contributed by atoms with E-state index in [4.69, 9.17) is 10.5 Å². The molecule has 0 amide bonds. The minimum absolute atomic E-state index is 0.589. The maximum Gasteiger partial charge on any atom is 0.0724 e. The molecule has 1 aromatic carbocycles. The summed E-state index contributed by atoms with van der Waals surface area (Å²) in [7, 11) is 1.66. The Morgan fingerprint density at radius 2 is 2.27 bits per heavy atom. The smallest absolute Gasteiger partial charge is 0.0724 e. The second kappa shape index (κ2) is 3.74. The number of hydrogen-bond acceptors (Lipinski definition) is 2. The Morgan fingerprint density at radius 3 is 2.91 bits per heavy atom. The van der Waals surface area contributed by atoms with Crippen molar-refractivity contribution in [3.05, 3.63) is 28.2 Å². The number of nitrogen functional groups attached to an aromatic ring is 1. The highest BCUT2D eigenvalue weighted by molar-refractivity contribution is 9.10. The van der Waals surface area contributed by atoms with Crippen molar-refractivity contribution >= 4 is 21.6 Å². The lowest BCUT2D eigenvalue weighted by molar-refractivity contribution is 0.184. The molecule has 60 valence electrons. The summed E-state index contributed by atoms with van der Waals surface area (Å²) < 4.78 is 5.91. The maximum absolute atomic E-state index is 5.65. The summed E-state index contributed by atoms with van der Waals surface area (Å²) in [6.07, 6.45) is 0. The van der Waals surface area contributed by atoms with E-state index in [-0.39, 0.29) is 0 Å². The molecule has 2 N–H and O–H groups in total. The number of rotatable bonds is 2. The van der Waals surface area contributed by atoms with Gasteiger partial charge in [0.15, 0.2) is 0 Å². The molecule has 0 saturated carbocycles. The molecular formula is C8H10BrNO. The van der Waals surface area contributed by atoms with Crippen LogP contribution in [0.5, 0.6) is 0 Å². The molecule has 0 unspecified atom stereocenters. The average molecular weight is 216 g/mol. The quantitative estimate of drug-likeness (QED) is 0.769. The zero-order chi connectivity index (χ0) is 8.27. The van der Waals surface area contributed by atoms with Crippen molar-refractivity contribution in [3.63, 3.8) is 0 Å². The average Bonchev–Trinajstić information content (AvgIpc) is 1.99. The topological polar surface area (TPSA) is 35.2 Å². The molecule has 0 atom stereocenters. The Hall–Kier alpha value is -0.540. The van der Waals surface area contributed by atoms with Gasteiger partial charge in [-0.1, -0.05) is 12.1 Å². The molecule has 1 rings (SSSR count). The molecule has 0 aliphatic rings. The van der Waals surface area contributed by atoms with E-state index in [9.17, 15) is 0 Å². The van der Waals surface area contributed by atoms with Gasteiger partial charge in [-0.25, -0.2) is 0 Å². The first kappa shape index (κ1) is 8.56. The van der Waals surface area contributed by atoms with Gasteiger partial charge in [-0.2, -0.15) is 0 Å². The van der Waals surface area contributed by atoms with Crippen molar-refractivity contribution in [2.45, 2.75) is 6.61 Å². The molecule has 1 aromatic rings. The Morgan fingerprint density at radius 1 is 1.55 bits per heavy atom. The van der Waals surface area contributed by atoms with E-state index < -0.39 is 0 Å². The highest BCUT2D eigenvalue weighted by Crippen LogP contribution is 2.23. The zero-order valence-corrected chi connectivity index (χ0v) is 7.89. The Balaban J connectivity index is 2.96. The van der Waals surface area contributed by atoms with E-state index in [1.165, 1.54) is 0 Å². The number of methoxy groups -OCH3 is 1. The van der Waals surface area contributed by atoms with Gasteiger partial charge in [0, 0.05) is 17.3 Å². The normalized spacial score (nSPS) is 10.0. The van der Waals surface area contributed by atoms with Crippen LogP contribution in [0.15, 0.2) is 22.7 Å². The number of hydrogen-bond donors (Lipinski definition) is 1. The molecule has 2 nitrogen and oxygen atoms in total. The molecule has 0 heterocycles. The lowest BCUT2D eigenvalue weighted by atomic mass is 10.2. The van der Waals surface area contributed by atoms with Crippen LogP contribution >= 0.6 is 15.9 Å². The molecule has 0 saturated heterocycles. The predicted molar refractivity (Wildman–Crippen MR) is 49.3 cm³/mol. The van der Waals surface area contributed by atoms with Crippen LogP contribution in [0.2, 0.25) is 0 Å². The van der Waals surface area contributed by atoms with Crippen molar-refractivity contribution in [1.29, 1.82) is 0 Å². The van der Waals surface area contributed by atoms with Gasteiger partial charge in [0.1, 0.15) is 0 Å². The molecule has 0 aliphatic heterocycles. The molecule has 11 heavy (non-hydrogen) atoms. The third kappa shape index (κ3) is 1.94. The van der Waals surface area contributed by atoms with Crippen LogP contribution in [0.4, 0.5) is 5.69 Å². The molecule has 0 aliphatic carbocycles. The minimum atomic E-state index is 0.589. The van der Waals surface area contributed by atoms with Crippen molar-refractivity contribution in [2.75, 3.05) is 12.8 Å². The van der Waals surface area contributed by atoms with Gasteiger partial charge in [0.2, 0.25) is 0 Å². The number of ether oxygens (including phenoxy) is 1. The molecule has 3 heteroatoms. The van der Waals surface area contributed by atoms with Crippen LogP contribution in [0.25, 0.3) is 0 Å².